The van der Waals surface area contributed by atoms with Crippen molar-refractivity contribution in [3.8, 4) is 5.75 Å². The Morgan fingerprint density at radius 2 is 1.54 bits per heavy atom. The van der Waals surface area contributed by atoms with Crippen molar-refractivity contribution in [3.63, 3.8) is 0 Å². The Bertz CT molecular complexity index is 1340. The number of carbonyl (C=O) groups is 2. The van der Waals surface area contributed by atoms with Crippen LogP contribution >= 0.6 is 0 Å². The van der Waals surface area contributed by atoms with Gasteiger partial charge < -0.3 is 19.2 Å². The van der Waals surface area contributed by atoms with E-state index >= 15 is 0 Å². The summed E-state index contributed by atoms with van der Waals surface area (Å²) >= 11 is 0. The third kappa shape index (κ3) is 4.59. The Labute approximate surface area is 202 Å². The summed E-state index contributed by atoms with van der Waals surface area (Å²) < 4.78 is 11.3. The van der Waals surface area contributed by atoms with Crippen LogP contribution in [0.25, 0.3) is 5.76 Å². The van der Waals surface area contributed by atoms with Crippen LogP contribution in [0, 0.1) is 0 Å². The Balaban J connectivity index is 1.50. The van der Waals surface area contributed by atoms with Crippen molar-refractivity contribution < 1.29 is 23.8 Å². The van der Waals surface area contributed by atoms with Gasteiger partial charge >= 0.3 is 0 Å². The van der Waals surface area contributed by atoms with E-state index in [1.807, 2.05) is 48.5 Å². The normalized spacial score (nSPS) is 17.0. The van der Waals surface area contributed by atoms with Crippen molar-refractivity contribution >= 4 is 17.4 Å². The lowest BCUT2D eigenvalue weighted by Gasteiger charge is -2.24. The number of Topliss-reactive ketones (excluding diaryl/α,β-unsaturated/α-hetero) is 1. The minimum atomic E-state index is -0.775. The van der Waals surface area contributed by atoms with E-state index in [1.54, 1.807) is 48.5 Å². The van der Waals surface area contributed by atoms with E-state index in [0.717, 1.165) is 5.56 Å². The molecule has 2 heterocycles. The average Bonchev–Trinajstić information content (AvgIpc) is 3.51. The number of aliphatic hydroxyl groups excluding tert-OH is 1. The molecule has 35 heavy (non-hydrogen) atoms. The second-order valence-corrected chi connectivity index (χ2v) is 8.22. The molecule has 174 valence electrons. The number of hydrogen-bond donors (Lipinski definition) is 1. The van der Waals surface area contributed by atoms with E-state index in [9.17, 15) is 14.7 Å². The highest BCUT2D eigenvalue weighted by atomic mass is 16.5. The summed E-state index contributed by atoms with van der Waals surface area (Å²) in [5, 5.41) is 11.1. The molecule has 0 bridgehead atoms. The Morgan fingerprint density at radius 3 is 2.20 bits per heavy atom. The number of aliphatic hydroxyl groups is 1. The molecule has 1 unspecified atom stereocenters. The van der Waals surface area contributed by atoms with Crippen LogP contribution in [-0.4, -0.2) is 21.7 Å². The molecule has 1 amide bonds. The maximum atomic E-state index is 13.1. The van der Waals surface area contributed by atoms with Crippen LogP contribution in [0.4, 0.5) is 0 Å². The van der Waals surface area contributed by atoms with Gasteiger partial charge in [-0.3, -0.25) is 9.59 Å². The fourth-order valence-electron chi connectivity index (χ4n) is 4.20. The molecule has 5 rings (SSSR count). The van der Waals surface area contributed by atoms with Gasteiger partial charge in [-0.15, -0.1) is 0 Å². The van der Waals surface area contributed by atoms with Crippen molar-refractivity contribution in [1.82, 2.24) is 4.90 Å². The van der Waals surface area contributed by atoms with Gasteiger partial charge in [0, 0.05) is 5.56 Å². The summed E-state index contributed by atoms with van der Waals surface area (Å²) in [6.07, 6.45) is 1.52. The highest BCUT2D eigenvalue weighted by Crippen LogP contribution is 2.40. The third-order valence-corrected chi connectivity index (χ3v) is 5.94. The lowest BCUT2D eigenvalue weighted by Crippen LogP contribution is -2.29. The van der Waals surface area contributed by atoms with E-state index in [1.165, 1.54) is 11.2 Å². The van der Waals surface area contributed by atoms with Crippen LogP contribution in [0.5, 0.6) is 5.75 Å². The fraction of sp³-hybridized carbons (Fsp3) is 0.103. The Hall–Kier alpha value is -4.58. The molecule has 0 spiro atoms. The Morgan fingerprint density at radius 1 is 0.857 bits per heavy atom. The van der Waals surface area contributed by atoms with Gasteiger partial charge in [0.1, 0.15) is 23.9 Å². The van der Waals surface area contributed by atoms with E-state index in [-0.39, 0.29) is 17.9 Å². The number of likely N-dealkylation sites (tertiary alicyclic amines) is 1. The topological polar surface area (TPSA) is 80.0 Å². The maximum Gasteiger partial charge on any atom is 0.296 e. The number of rotatable bonds is 7. The van der Waals surface area contributed by atoms with Gasteiger partial charge in [0.15, 0.2) is 0 Å². The van der Waals surface area contributed by atoms with Gasteiger partial charge in [-0.2, -0.15) is 0 Å². The molecule has 1 aliphatic rings. The molecular weight excluding hydrogens is 442 g/mol. The van der Waals surface area contributed by atoms with Gasteiger partial charge in [-0.25, -0.2) is 0 Å². The number of nitrogens with zero attached hydrogens (tertiary/aromatic N) is 1. The van der Waals surface area contributed by atoms with Crippen LogP contribution in [0.15, 0.2) is 113 Å². The first kappa shape index (κ1) is 22.2. The van der Waals surface area contributed by atoms with Crippen LogP contribution in [0.3, 0.4) is 0 Å². The first-order valence-corrected chi connectivity index (χ1v) is 11.2. The largest absolute Gasteiger partial charge is 0.507 e. The molecule has 1 aliphatic heterocycles. The highest BCUT2D eigenvalue weighted by molar-refractivity contribution is 6.46. The summed E-state index contributed by atoms with van der Waals surface area (Å²) in [6.45, 7) is 0.519. The molecule has 1 saturated heterocycles. The molecule has 1 atom stereocenters. The predicted octanol–water partition coefficient (Wildman–Crippen LogP) is 5.48. The van der Waals surface area contributed by atoms with Crippen LogP contribution in [-0.2, 0) is 22.7 Å². The zero-order valence-electron chi connectivity index (χ0n) is 18.8. The Kier molecular flexibility index (Phi) is 6.18. The minimum absolute atomic E-state index is 0.0470. The SMILES string of the molecule is O=C1C(=O)N(Cc2ccco2)C(c2ccc(OCc3ccccc3)cc2)/C1=C(/O)c1ccccc1. The van der Waals surface area contributed by atoms with Crippen LogP contribution in [0.2, 0.25) is 0 Å². The third-order valence-electron chi connectivity index (χ3n) is 5.94. The van der Waals surface area contributed by atoms with E-state index in [0.29, 0.717) is 29.2 Å². The molecule has 6 nitrogen and oxygen atoms in total. The lowest BCUT2D eigenvalue weighted by atomic mass is 9.95. The molecule has 4 aromatic rings. The van der Waals surface area contributed by atoms with Crippen molar-refractivity contribution in [2.75, 3.05) is 0 Å². The number of carbonyl (C=O) groups excluding carboxylic acids is 2. The zero-order chi connectivity index (χ0) is 24.2. The highest BCUT2D eigenvalue weighted by Gasteiger charge is 2.46. The molecule has 1 aromatic heterocycles. The van der Waals surface area contributed by atoms with Gasteiger partial charge in [-0.1, -0.05) is 72.8 Å². The molecular formula is C29H23NO5. The lowest BCUT2D eigenvalue weighted by molar-refractivity contribution is -0.140. The van der Waals surface area contributed by atoms with Crippen molar-refractivity contribution in [1.29, 1.82) is 0 Å². The predicted molar refractivity (Wildman–Crippen MR) is 130 cm³/mol. The molecule has 0 aliphatic carbocycles. The maximum absolute atomic E-state index is 13.1. The minimum Gasteiger partial charge on any atom is -0.507 e. The first-order valence-electron chi connectivity index (χ1n) is 11.2. The van der Waals surface area contributed by atoms with E-state index < -0.39 is 17.7 Å². The molecule has 6 heteroatoms. The summed E-state index contributed by atoms with van der Waals surface area (Å²) in [7, 11) is 0. The molecule has 1 N–H and O–H groups in total. The molecule has 0 radical (unpaired) electrons. The van der Waals surface area contributed by atoms with Gasteiger partial charge in [0.2, 0.25) is 0 Å². The first-order chi connectivity index (χ1) is 17.1. The second-order valence-electron chi connectivity index (χ2n) is 8.22. The van der Waals surface area contributed by atoms with Crippen LogP contribution < -0.4 is 4.74 Å². The van der Waals surface area contributed by atoms with Crippen molar-refractivity contribution in [3.05, 3.63) is 131 Å². The number of benzene rings is 3. The molecule has 0 saturated carbocycles. The monoisotopic (exact) mass is 465 g/mol. The van der Waals surface area contributed by atoms with Crippen LogP contribution in [0.1, 0.15) is 28.5 Å². The van der Waals surface area contributed by atoms with E-state index in [4.69, 9.17) is 9.15 Å². The van der Waals surface area contributed by atoms with Gasteiger partial charge in [0.05, 0.1) is 24.4 Å². The second kappa shape index (κ2) is 9.73. The molecule has 3 aromatic carbocycles. The summed E-state index contributed by atoms with van der Waals surface area (Å²) in [5.74, 6) is -0.427. The smallest absolute Gasteiger partial charge is 0.296 e. The van der Waals surface area contributed by atoms with Gasteiger partial charge in [0.25, 0.3) is 11.7 Å². The number of ether oxygens (including phenoxy) is 1. The zero-order valence-corrected chi connectivity index (χ0v) is 18.8. The van der Waals surface area contributed by atoms with Crippen molar-refractivity contribution in [2.24, 2.45) is 0 Å². The summed E-state index contributed by atoms with van der Waals surface area (Å²) in [5.41, 5.74) is 2.24. The quantitative estimate of drug-likeness (QED) is 0.222. The average molecular weight is 466 g/mol. The van der Waals surface area contributed by atoms with Gasteiger partial charge in [-0.05, 0) is 35.4 Å². The number of hydrogen-bond acceptors (Lipinski definition) is 5. The summed E-state index contributed by atoms with van der Waals surface area (Å²) in [6, 6.07) is 28.5. The number of furan rings is 1. The number of amides is 1. The summed E-state index contributed by atoms with van der Waals surface area (Å²) in [4.78, 5) is 27.6. The standard InChI is InChI=1S/C29H23NO5/c31-27(22-10-5-2-6-11-22)25-26(30(29(33)28(25)32)18-24-12-7-17-34-24)21-13-15-23(16-14-21)35-19-20-8-3-1-4-9-20/h1-17,26,31H,18-19H2/b27-25-. The number of ketones is 1. The van der Waals surface area contributed by atoms with Crippen molar-refractivity contribution in [2.45, 2.75) is 19.2 Å². The fourth-order valence-corrected chi connectivity index (χ4v) is 4.20. The van der Waals surface area contributed by atoms with E-state index in [2.05, 4.69) is 0 Å². The molecule has 1 fully saturated rings.